The SMILES string of the molecule is CC(N)C(=O)N1CCCN(CC2CCCCC2)CC1.Cl. The summed E-state index contributed by atoms with van der Waals surface area (Å²) in [6.45, 7) is 6.91. The molecule has 0 aromatic rings. The van der Waals surface area contributed by atoms with E-state index in [9.17, 15) is 4.79 Å². The van der Waals surface area contributed by atoms with Crippen molar-refractivity contribution in [2.45, 2.75) is 51.5 Å². The van der Waals surface area contributed by atoms with Gasteiger partial charge in [0.15, 0.2) is 0 Å². The molecule has 20 heavy (non-hydrogen) atoms. The Labute approximate surface area is 129 Å². The second-order valence-corrected chi connectivity index (χ2v) is 6.27. The molecule has 2 fully saturated rings. The molecule has 118 valence electrons. The summed E-state index contributed by atoms with van der Waals surface area (Å²) in [5.74, 6) is 1.00. The third kappa shape index (κ3) is 5.23. The van der Waals surface area contributed by atoms with Crippen LogP contribution in [0.25, 0.3) is 0 Å². The molecule has 1 saturated carbocycles. The van der Waals surface area contributed by atoms with Gasteiger partial charge in [0.05, 0.1) is 6.04 Å². The Morgan fingerprint density at radius 1 is 1.10 bits per heavy atom. The second kappa shape index (κ2) is 8.85. The summed E-state index contributed by atoms with van der Waals surface area (Å²) in [5, 5.41) is 0. The molecule has 1 aliphatic heterocycles. The van der Waals surface area contributed by atoms with Crippen LogP contribution in [-0.2, 0) is 4.79 Å². The van der Waals surface area contributed by atoms with E-state index in [1.165, 1.54) is 38.6 Å². The normalized spacial score (nSPS) is 23.8. The van der Waals surface area contributed by atoms with Crippen molar-refractivity contribution in [3.63, 3.8) is 0 Å². The van der Waals surface area contributed by atoms with E-state index in [-0.39, 0.29) is 24.4 Å². The fourth-order valence-corrected chi connectivity index (χ4v) is 3.40. The molecule has 0 spiro atoms. The molecule has 0 radical (unpaired) electrons. The maximum atomic E-state index is 11.9. The Kier molecular flexibility index (Phi) is 7.85. The summed E-state index contributed by atoms with van der Waals surface area (Å²) in [4.78, 5) is 16.4. The molecular formula is C15H30ClN3O. The first kappa shape index (κ1) is 17.7. The van der Waals surface area contributed by atoms with Crippen LogP contribution in [0, 0.1) is 5.92 Å². The van der Waals surface area contributed by atoms with Crippen molar-refractivity contribution < 1.29 is 4.79 Å². The minimum Gasteiger partial charge on any atom is -0.340 e. The van der Waals surface area contributed by atoms with Gasteiger partial charge in [-0.15, -0.1) is 12.4 Å². The van der Waals surface area contributed by atoms with Gasteiger partial charge in [0.1, 0.15) is 0 Å². The summed E-state index contributed by atoms with van der Waals surface area (Å²) < 4.78 is 0. The van der Waals surface area contributed by atoms with Gasteiger partial charge in [0.2, 0.25) is 5.91 Å². The number of amides is 1. The summed E-state index contributed by atoms with van der Waals surface area (Å²) in [6, 6.07) is -0.357. The molecule has 2 N–H and O–H groups in total. The van der Waals surface area contributed by atoms with Gasteiger partial charge in [-0.2, -0.15) is 0 Å². The number of halogens is 1. The monoisotopic (exact) mass is 303 g/mol. The van der Waals surface area contributed by atoms with Crippen LogP contribution in [0.4, 0.5) is 0 Å². The first-order valence-electron chi connectivity index (χ1n) is 7.93. The van der Waals surface area contributed by atoms with E-state index in [4.69, 9.17) is 5.73 Å². The Balaban J connectivity index is 0.00000200. The lowest BCUT2D eigenvalue weighted by Crippen LogP contribution is -2.44. The number of rotatable bonds is 3. The quantitative estimate of drug-likeness (QED) is 0.866. The minimum absolute atomic E-state index is 0. The maximum absolute atomic E-state index is 11.9. The van der Waals surface area contributed by atoms with Gasteiger partial charge in [-0.05, 0) is 38.6 Å². The first-order chi connectivity index (χ1) is 9.16. The van der Waals surface area contributed by atoms with Gasteiger partial charge in [0, 0.05) is 26.2 Å². The molecule has 5 heteroatoms. The highest BCUT2D eigenvalue weighted by Gasteiger charge is 2.23. The summed E-state index contributed by atoms with van der Waals surface area (Å²) in [7, 11) is 0. The lowest BCUT2D eigenvalue weighted by Gasteiger charge is -2.29. The summed E-state index contributed by atoms with van der Waals surface area (Å²) in [6.07, 6.45) is 8.14. The minimum atomic E-state index is -0.357. The largest absolute Gasteiger partial charge is 0.340 e. The molecule has 2 rings (SSSR count). The van der Waals surface area contributed by atoms with Crippen molar-refractivity contribution in [3.8, 4) is 0 Å². The smallest absolute Gasteiger partial charge is 0.239 e. The Bertz CT molecular complexity index is 293. The van der Waals surface area contributed by atoms with E-state index in [0.29, 0.717) is 0 Å². The molecule has 1 atom stereocenters. The summed E-state index contributed by atoms with van der Waals surface area (Å²) in [5.41, 5.74) is 5.70. The molecule has 0 bridgehead atoms. The average Bonchev–Trinajstić information content (AvgIpc) is 2.64. The van der Waals surface area contributed by atoms with Gasteiger partial charge in [0.25, 0.3) is 0 Å². The van der Waals surface area contributed by atoms with Crippen molar-refractivity contribution >= 4 is 18.3 Å². The van der Waals surface area contributed by atoms with E-state index in [0.717, 1.165) is 38.5 Å². The van der Waals surface area contributed by atoms with Gasteiger partial charge in [-0.25, -0.2) is 0 Å². The van der Waals surface area contributed by atoms with Gasteiger partial charge >= 0.3 is 0 Å². The molecule has 1 saturated heterocycles. The van der Waals surface area contributed by atoms with Crippen molar-refractivity contribution in [3.05, 3.63) is 0 Å². The van der Waals surface area contributed by atoms with Crippen LogP contribution in [0.2, 0.25) is 0 Å². The third-order valence-electron chi connectivity index (χ3n) is 4.53. The zero-order valence-corrected chi connectivity index (χ0v) is 13.5. The van der Waals surface area contributed by atoms with Crippen LogP contribution in [0.3, 0.4) is 0 Å². The molecule has 4 nitrogen and oxygen atoms in total. The van der Waals surface area contributed by atoms with Crippen molar-refractivity contribution in [2.75, 3.05) is 32.7 Å². The molecule has 1 heterocycles. The van der Waals surface area contributed by atoms with Crippen molar-refractivity contribution in [1.82, 2.24) is 9.80 Å². The van der Waals surface area contributed by atoms with Crippen LogP contribution in [-0.4, -0.2) is 54.5 Å². The van der Waals surface area contributed by atoms with E-state index >= 15 is 0 Å². The molecular weight excluding hydrogens is 274 g/mol. The van der Waals surface area contributed by atoms with Crippen molar-refractivity contribution in [1.29, 1.82) is 0 Å². The molecule has 1 aliphatic carbocycles. The van der Waals surface area contributed by atoms with E-state index < -0.39 is 0 Å². The number of nitrogens with zero attached hydrogens (tertiary/aromatic N) is 2. The highest BCUT2D eigenvalue weighted by Crippen LogP contribution is 2.24. The fourth-order valence-electron chi connectivity index (χ4n) is 3.40. The zero-order valence-electron chi connectivity index (χ0n) is 12.7. The molecule has 0 aromatic heterocycles. The molecule has 2 aliphatic rings. The van der Waals surface area contributed by atoms with Crippen LogP contribution in [0.5, 0.6) is 0 Å². The molecule has 1 amide bonds. The van der Waals surface area contributed by atoms with Gasteiger partial charge < -0.3 is 15.5 Å². The van der Waals surface area contributed by atoms with E-state index in [1.807, 2.05) is 4.90 Å². The fraction of sp³-hybridized carbons (Fsp3) is 0.933. The zero-order chi connectivity index (χ0) is 13.7. The van der Waals surface area contributed by atoms with Crippen LogP contribution < -0.4 is 5.73 Å². The summed E-state index contributed by atoms with van der Waals surface area (Å²) >= 11 is 0. The maximum Gasteiger partial charge on any atom is 0.239 e. The van der Waals surface area contributed by atoms with Crippen LogP contribution in [0.15, 0.2) is 0 Å². The van der Waals surface area contributed by atoms with Crippen molar-refractivity contribution in [2.24, 2.45) is 11.7 Å². The number of nitrogens with two attached hydrogens (primary N) is 1. The highest BCUT2D eigenvalue weighted by atomic mass is 35.5. The number of carbonyl (C=O) groups excluding carboxylic acids is 1. The number of carbonyl (C=O) groups is 1. The van der Waals surface area contributed by atoms with E-state index in [1.54, 1.807) is 6.92 Å². The second-order valence-electron chi connectivity index (χ2n) is 6.27. The van der Waals surface area contributed by atoms with Gasteiger partial charge in [-0.3, -0.25) is 4.79 Å². The van der Waals surface area contributed by atoms with Gasteiger partial charge in [-0.1, -0.05) is 19.3 Å². The molecule has 1 unspecified atom stereocenters. The first-order valence-corrected chi connectivity index (χ1v) is 7.93. The highest BCUT2D eigenvalue weighted by molar-refractivity contribution is 5.85. The standard InChI is InChI=1S/C15H29N3O.ClH/c1-13(16)15(19)18-9-5-8-17(10-11-18)12-14-6-3-2-4-7-14;/h13-14H,2-12,16H2,1H3;1H. The van der Waals surface area contributed by atoms with Crippen LogP contribution in [0.1, 0.15) is 45.4 Å². The molecule has 0 aromatic carbocycles. The lowest BCUT2D eigenvalue weighted by molar-refractivity contribution is -0.132. The lowest BCUT2D eigenvalue weighted by atomic mass is 9.89. The average molecular weight is 304 g/mol. The van der Waals surface area contributed by atoms with E-state index in [2.05, 4.69) is 4.90 Å². The predicted molar refractivity (Wildman–Crippen MR) is 85.1 cm³/mol. The Hall–Kier alpha value is -0.320. The van der Waals surface area contributed by atoms with Crippen LogP contribution >= 0.6 is 12.4 Å². The number of hydrogen-bond acceptors (Lipinski definition) is 3. The Morgan fingerprint density at radius 3 is 2.45 bits per heavy atom. The topological polar surface area (TPSA) is 49.6 Å². The Morgan fingerprint density at radius 2 is 1.80 bits per heavy atom. The third-order valence-corrected chi connectivity index (χ3v) is 4.53. The predicted octanol–water partition coefficient (Wildman–Crippen LogP) is 1.87. The number of hydrogen-bond donors (Lipinski definition) is 1.